The van der Waals surface area contributed by atoms with Crippen LogP contribution < -0.4 is 10.2 Å². The average molecular weight is 277 g/mol. The maximum Gasteiger partial charge on any atom is 0.0991 e. The Hall–Kier alpha value is -2.47. The molecule has 3 nitrogen and oxygen atoms in total. The second kappa shape index (κ2) is 6.32. The Labute approximate surface area is 125 Å². The van der Waals surface area contributed by atoms with Gasteiger partial charge in [0.2, 0.25) is 0 Å². The van der Waals surface area contributed by atoms with Crippen LogP contribution in [0.4, 0.5) is 11.4 Å². The number of hydrogen-bond donors (Lipinski definition) is 1. The first-order valence-electron chi connectivity index (χ1n) is 7.44. The van der Waals surface area contributed by atoms with Crippen LogP contribution in [-0.2, 0) is 6.54 Å². The molecule has 1 heterocycles. The largest absolute Gasteiger partial charge is 0.379 e. The second-order valence-corrected chi connectivity index (χ2v) is 5.38. The van der Waals surface area contributed by atoms with Crippen LogP contribution in [0.15, 0.2) is 48.5 Å². The molecule has 3 heteroatoms. The number of rotatable bonds is 4. The lowest BCUT2D eigenvalue weighted by Gasteiger charge is -2.22. The molecule has 1 aliphatic heterocycles. The summed E-state index contributed by atoms with van der Waals surface area (Å²) in [6, 6.07) is 18.4. The Bertz CT molecular complexity index is 652. The minimum Gasteiger partial charge on any atom is -0.379 e. The molecule has 0 unspecified atom stereocenters. The zero-order chi connectivity index (χ0) is 14.5. The summed E-state index contributed by atoms with van der Waals surface area (Å²) >= 11 is 0. The third-order valence-electron chi connectivity index (χ3n) is 3.89. The predicted molar refractivity (Wildman–Crippen MR) is 86.4 cm³/mol. The summed E-state index contributed by atoms with van der Waals surface area (Å²) in [7, 11) is 0. The summed E-state index contributed by atoms with van der Waals surface area (Å²) in [5.74, 6) is 0. The van der Waals surface area contributed by atoms with E-state index in [9.17, 15) is 0 Å². The molecule has 1 aliphatic rings. The van der Waals surface area contributed by atoms with Crippen molar-refractivity contribution in [1.82, 2.24) is 0 Å². The van der Waals surface area contributed by atoms with E-state index in [2.05, 4.69) is 40.6 Å². The SMILES string of the molecule is N#Cc1cccc(CNc2ccccc2N2CCCC2)c1. The van der Waals surface area contributed by atoms with Gasteiger partial charge in [0.25, 0.3) is 0 Å². The molecule has 0 atom stereocenters. The molecule has 0 spiro atoms. The zero-order valence-electron chi connectivity index (χ0n) is 12.0. The maximum absolute atomic E-state index is 8.96. The quantitative estimate of drug-likeness (QED) is 0.924. The first kappa shape index (κ1) is 13.5. The first-order valence-corrected chi connectivity index (χ1v) is 7.44. The fourth-order valence-corrected chi connectivity index (χ4v) is 2.81. The van der Waals surface area contributed by atoms with Gasteiger partial charge in [0.1, 0.15) is 0 Å². The highest BCUT2D eigenvalue weighted by atomic mass is 15.2. The van der Waals surface area contributed by atoms with Crippen molar-refractivity contribution in [2.24, 2.45) is 0 Å². The molecule has 1 saturated heterocycles. The number of benzene rings is 2. The maximum atomic E-state index is 8.96. The zero-order valence-corrected chi connectivity index (χ0v) is 12.0. The Morgan fingerprint density at radius 3 is 2.67 bits per heavy atom. The molecular formula is C18H19N3. The molecule has 0 radical (unpaired) electrons. The fourth-order valence-electron chi connectivity index (χ4n) is 2.81. The van der Waals surface area contributed by atoms with Crippen LogP contribution in [0.1, 0.15) is 24.0 Å². The third-order valence-corrected chi connectivity index (χ3v) is 3.89. The van der Waals surface area contributed by atoms with Gasteiger partial charge in [-0.05, 0) is 42.7 Å². The molecular weight excluding hydrogens is 258 g/mol. The number of para-hydroxylation sites is 2. The van der Waals surface area contributed by atoms with E-state index in [1.807, 2.05) is 24.3 Å². The van der Waals surface area contributed by atoms with Crippen LogP contribution in [0, 0.1) is 11.3 Å². The van der Waals surface area contributed by atoms with Gasteiger partial charge in [0, 0.05) is 19.6 Å². The Kier molecular flexibility index (Phi) is 4.07. The summed E-state index contributed by atoms with van der Waals surface area (Å²) in [5, 5.41) is 12.5. The van der Waals surface area contributed by atoms with Crippen LogP contribution in [0.3, 0.4) is 0 Å². The van der Waals surface area contributed by atoms with E-state index in [4.69, 9.17) is 5.26 Å². The lowest BCUT2D eigenvalue weighted by Crippen LogP contribution is -2.19. The lowest BCUT2D eigenvalue weighted by molar-refractivity contribution is 0.949. The molecule has 21 heavy (non-hydrogen) atoms. The van der Waals surface area contributed by atoms with Crippen molar-refractivity contribution in [2.75, 3.05) is 23.3 Å². The van der Waals surface area contributed by atoms with E-state index in [1.165, 1.54) is 24.2 Å². The summed E-state index contributed by atoms with van der Waals surface area (Å²) in [6.45, 7) is 3.02. The number of anilines is 2. The normalized spacial score (nSPS) is 14.0. The van der Waals surface area contributed by atoms with E-state index in [1.54, 1.807) is 0 Å². The van der Waals surface area contributed by atoms with Crippen molar-refractivity contribution in [1.29, 1.82) is 5.26 Å². The number of hydrogen-bond acceptors (Lipinski definition) is 3. The summed E-state index contributed by atoms with van der Waals surface area (Å²) in [6.07, 6.45) is 2.55. The molecule has 2 aromatic rings. The molecule has 0 bridgehead atoms. The number of nitriles is 1. The van der Waals surface area contributed by atoms with Gasteiger partial charge in [-0.1, -0.05) is 24.3 Å². The highest BCUT2D eigenvalue weighted by Crippen LogP contribution is 2.28. The molecule has 1 N–H and O–H groups in total. The van der Waals surface area contributed by atoms with E-state index in [0.717, 1.165) is 25.2 Å². The monoisotopic (exact) mass is 277 g/mol. The van der Waals surface area contributed by atoms with Gasteiger partial charge in [-0.3, -0.25) is 0 Å². The minimum atomic E-state index is 0.710. The minimum absolute atomic E-state index is 0.710. The van der Waals surface area contributed by atoms with Gasteiger partial charge in [-0.25, -0.2) is 0 Å². The van der Waals surface area contributed by atoms with Crippen LogP contribution in [-0.4, -0.2) is 13.1 Å². The third kappa shape index (κ3) is 3.17. The molecule has 1 fully saturated rings. The Balaban J connectivity index is 1.74. The predicted octanol–water partition coefficient (Wildman–Crippen LogP) is 3.77. The van der Waals surface area contributed by atoms with E-state index in [0.29, 0.717) is 5.56 Å². The summed E-state index contributed by atoms with van der Waals surface area (Å²) < 4.78 is 0. The van der Waals surface area contributed by atoms with Crippen molar-refractivity contribution in [3.63, 3.8) is 0 Å². The molecule has 3 rings (SSSR count). The van der Waals surface area contributed by atoms with Gasteiger partial charge in [0.15, 0.2) is 0 Å². The lowest BCUT2D eigenvalue weighted by atomic mass is 10.1. The fraction of sp³-hybridized carbons (Fsp3) is 0.278. The smallest absolute Gasteiger partial charge is 0.0991 e. The molecule has 0 saturated carbocycles. The van der Waals surface area contributed by atoms with Gasteiger partial charge < -0.3 is 10.2 Å². The Morgan fingerprint density at radius 2 is 1.86 bits per heavy atom. The van der Waals surface area contributed by atoms with E-state index >= 15 is 0 Å². The molecule has 106 valence electrons. The molecule has 2 aromatic carbocycles. The number of nitrogens with zero attached hydrogens (tertiary/aromatic N) is 2. The molecule has 0 aliphatic carbocycles. The van der Waals surface area contributed by atoms with Crippen LogP contribution in [0.2, 0.25) is 0 Å². The van der Waals surface area contributed by atoms with Crippen molar-refractivity contribution < 1.29 is 0 Å². The highest BCUT2D eigenvalue weighted by molar-refractivity contribution is 5.70. The van der Waals surface area contributed by atoms with Crippen molar-refractivity contribution in [3.05, 3.63) is 59.7 Å². The average Bonchev–Trinajstić information content (AvgIpc) is 3.08. The highest BCUT2D eigenvalue weighted by Gasteiger charge is 2.14. The number of nitrogens with one attached hydrogen (secondary N) is 1. The van der Waals surface area contributed by atoms with E-state index < -0.39 is 0 Å². The summed E-state index contributed by atoms with van der Waals surface area (Å²) in [4.78, 5) is 2.44. The van der Waals surface area contributed by atoms with Crippen LogP contribution in [0.5, 0.6) is 0 Å². The topological polar surface area (TPSA) is 39.1 Å². The molecule has 0 amide bonds. The van der Waals surface area contributed by atoms with Crippen molar-refractivity contribution in [3.8, 4) is 6.07 Å². The van der Waals surface area contributed by atoms with Gasteiger partial charge in [-0.2, -0.15) is 5.26 Å². The summed E-state index contributed by atoms with van der Waals surface area (Å²) in [5.41, 5.74) is 4.29. The second-order valence-electron chi connectivity index (χ2n) is 5.38. The van der Waals surface area contributed by atoms with Crippen LogP contribution in [0.25, 0.3) is 0 Å². The van der Waals surface area contributed by atoms with Crippen LogP contribution >= 0.6 is 0 Å². The molecule has 0 aromatic heterocycles. The first-order chi connectivity index (χ1) is 10.4. The van der Waals surface area contributed by atoms with Gasteiger partial charge in [-0.15, -0.1) is 0 Å². The van der Waals surface area contributed by atoms with Crippen molar-refractivity contribution in [2.45, 2.75) is 19.4 Å². The Morgan fingerprint density at radius 1 is 1.05 bits per heavy atom. The van der Waals surface area contributed by atoms with Gasteiger partial charge >= 0.3 is 0 Å². The van der Waals surface area contributed by atoms with E-state index in [-0.39, 0.29) is 0 Å². The standard InChI is InChI=1S/C18H19N3/c19-13-15-6-5-7-16(12-15)14-20-17-8-1-2-9-18(17)21-10-3-4-11-21/h1-2,5-9,12,20H,3-4,10-11,14H2. The van der Waals surface area contributed by atoms with Gasteiger partial charge in [0.05, 0.1) is 23.0 Å². The van der Waals surface area contributed by atoms with Crippen molar-refractivity contribution >= 4 is 11.4 Å².